The molecule has 0 aromatic heterocycles. The maximum Gasteiger partial charge on any atom is 0.245 e. The molecule has 0 radical (unpaired) electrons. The lowest BCUT2D eigenvalue weighted by atomic mass is 10.1. The first kappa shape index (κ1) is 17.9. The van der Waals surface area contributed by atoms with Crippen molar-refractivity contribution in [3.63, 3.8) is 0 Å². The molecule has 8 nitrogen and oxygen atoms in total. The molecule has 1 aromatic carbocycles. The zero-order valence-electron chi connectivity index (χ0n) is 13.5. The fraction of sp³-hybridized carbons (Fsp3) is 0.400. The zero-order valence-corrected chi connectivity index (χ0v) is 14.3. The molecule has 0 aliphatic carbocycles. The Balaban J connectivity index is 2.53. The van der Waals surface area contributed by atoms with E-state index in [9.17, 15) is 18.0 Å². The molecule has 2 amide bonds. The van der Waals surface area contributed by atoms with E-state index in [0.717, 1.165) is 4.90 Å². The lowest BCUT2D eigenvalue weighted by Crippen LogP contribution is -2.42. The molecule has 1 aliphatic rings. The van der Waals surface area contributed by atoms with Crippen molar-refractivity contribution in [3.8, 4) is 11.8 Å². The number of nitriles is 1. The minimum Gasteiger partial charge on any atom is -0.495 e. The number of methoxy groups -OCH3 is 1. The van der Waals surface area contributed by atoms with Crippen LogP contribution in [0, 0.1) is 11.3 Å². The zero-order chi connectivity index (χ0) is 18.1. The Morgan fingerprint density at radius 3 is 2.33 bits per heavy atom. The normalized spacial score (nSPS) is 15.5. The molecule has 0 atom stereocenters. The summed E-state index contributed by atoms with van der Waals surface area (Å²) >= 11 is 0. The molecule has 1 aliphatic heterocycles. The fourth-order valence-electron chi connectivity index (χ4n) is 2.29. The standard InChI is InChI=1S/C15H17N3O5S/c1-15(2,9-16)17-24(21,22)12-8-10(4-5-11(12)23-3)18-13(19)6-7-14(18)20/h4-5,8,17H,6-7H2,1-3H3. The molecule has 0 bridgehead atoms. The molecular weight excluding hydrogens is 334 g/mol. The number of ether oxygens (including phenoxy) is 1. The summed E-state index contributed by atoms with van der Waals surface area (Å²) in [5, 5.41) is 9.02. The van der Waals surface area contributed by atoms with E-state index in [1.807, 2.05) is 6.07 Å². The third kappa shape index (κ3) is 3.39. The van der Waals surface area contributed by atoms with E-state index in [1.165, 1.54) is 39.2 Å². The number of imide groups is 1. The van der Waals surface area contributed by atoms with Crippen LogP contribution in [0.5, 0.6) is 5.75 Å². The number of hydrogen-bond acceptors (Lipinski definition) is 6. The summed E-state index contributed by atoms with van der Waals surface area (Å²) in [4.78, 5) is 24.4. The molecule has 1 saturated heterocycles. The quantitative estimate of drug-likeness (QED) is 0.789. The van der Waals surface area contributed by atoms with Crippen LogP contribution in [0.1, 0.15) is 26.7 Å². The van der Waals surface area contributed by atoms with E-state index in [4.69, 9.17) is 10.00 Å². The molecule has 0 spiro atoms. The number of carbonyl (C=O) groups is 2. The predicted octanol–water partition coefficient (Wildman–Crippen LogP) is 0.929. The minimum atomic E-state index is -4.11. The average Bonchev–Trinajstić information content (AvgIpc) is 2.84. The predicted molar refractivity (Wildman–Crippen MR) is 84.7 cm³/mol. The lowest BCUT2D eigenvalue weighted by molar-refractivity contribution is -0.121. The number of amides is 2. The number of nitrogens with one attached hydrogen (secondary N) is 1. The summed E-state index contributed by atoms with van der Waals surface area (Å²) in [6.45, 7) is 2.82. The van der Waals surface area contributed by atoms with Crippen LogP contribution in [0.15, 0.2) is 23.1 Å². The van der Waals surface area contributed by atoms with Gasteiger partial charge in [0.2, 0.25) is 21.8 Å². The van der Waals surface area contributed by atoms with Gasteiger partial charge in [-0.25, -0.2) is 8.42 Å². The molecule has 0 saturated carbocycles. The maximum absolute atomic E-state index is 12.6. The summed E-state index contributed by atoms with van der Waals surface area (Å²) in [6, 6.07) is 5.83. The lowest BCUT2D eigenvalue weighted by Gasteiger charge is -2.20. The van der Waals surface area contributed by atoms with Crippen LogP contribution < -0.4 is 14.4 Å². The van der Waals surface area contributed by atoms with Crippen LogP contribution in [-0.2, 0) is 19.6 Å². The van der Waals surface area contributed by atoms with Gasteiger partial charge in [-0.1, -0.05) is 0 Å². The highest BCUT2D eigenvalue weighted by Gasteiger charge is 2.33. The summed E-state index contributed by atoms with van der Waals surface area (Å²) in [6.07, 6.45) is 0.180. The number of rotatable bonds is 5. The van der Waals surface area contributed by atoms with Crippen molar-refractivity contribution in [3.05, 3.63) is 18.2 Å². The van der Waals surface area contributed by atoms with Crippen molar-refractivity contribution in [1.29, 1.82) is 5.26 Å². The van der Waals surface area contributed by atoms with Gasteiger partial charge in [0.15, 0.2) is 0 Å². The number of anilines is 1. The molecule has 24 heavy (non-hydrogen) atoms. The smallest absolute Gasteiger partial charge is 0.245 e. The molecular formula is C15H17N3O5S. The highest BCUT2D eigenvalue weighted by molar-refractivity contribution is 7.89. The van der Waals surface area contributed by atoms with Crippen molar-refractivity contribution in [1.82, 2.24) is 4.72 Å². The van der Waals surface area contributed by atoms with Gasteiger partial charge in [-0.05, 0) is 32.0 Å². The van der Waals surface area contributed by atoms with E-state index in [2.05, 4.69) is 4.72 Å². The van der Waals surface area contributed by atoms with Gasteiger partial charge in [0.25, 0.3) is 0 Å². The number of sulfonamides is 1. The highest BCUT2D eigenvalue weighted by atomic mass is 32.2. The second kappa shape index (κ2) is 6.22. The van der Waals surface area contributed by atoms with Gasteiger partial charge in [-0.2, -0.15) is 9.98 Å². The molecule has 1 N–H and O–H groups in total. The van der Waals surface area contributed by atoms with Crippen LogP contribution in [0.25, 0.3) is 0 Å². The Labute approximate surface area is 140 Å². The van der Waals surface area contributed by atoms with E-state index >= 15 is 0 Å². The molecule has 2 rings (SSSR count). The van der Waals surface area contributed by atoms with Gasteiger partial charge in [0.05, 0.1) is 18.9 Å². The van der Waals surface area contributed by atoms with Crippen LogP contribution in [0.4, 0.5) is 5.69 Å². The summed E-state index contributed by atoms with van der Waals surface area (Å²) < 4.78 is 32.5. The van der Waals surface area contributed by atoms with E-state index in [1.54, 1.807) is 0 Å². The monoisotopic (exact) mass is 351 g/mol. The van der Waals surface area contributed by atoms with Crippen LogP contribution >= 0.6 is 0 Å². The fourth-order valence-corrected chi connectivity index (χ4v) is 3.81. The number of carbonyl (C=O) groups excluding carboxylic acids is 2. The molecule has 1 fully saturated rings. The Bertz CT molecular complexity index is 823. The minimum absolute atomic E-state index is 0.0408. The second-order valence-corrected chi connectivity index (χ2v) is 7.45. The summed E-state index contributed by atoms with van der Waals surface area (Å²) in [7, 11) is -2.81. The number of hydrogen-bond donors (Lipinski definition) is 1. The maximum atomic E-state index is 12.6. The molecule has 128 valence electrons. The van der Waals surface area contributed by atoms with Crippen molar-refractivity contribution in [2.75, 3.05) is 12.0 Å². The van der Waals surface area contributed by atoms with Crippen molar-refractivity contribution in [2.45, 2.75) is 37.1 Å². The van der Waals surface area contributed by atoms with Gasteiger partial charge in [0.1, 0.15) is 16.2 Å². The third-order valence-corrected chi connectivity index (χ3v) is 5.09. The van der Waals surface area contributed by atoms with Crippen LogP contribution in [0.3, 0.4) is 0 Å². The average molecular weight is 351 g/mol. The van der Waals surface area contributed by atoms with Gasteiger partial charge in [-0.3, -0.25) is 14.5 Å². The van der Waals surface area contributed by atoms with Gasteiger partial charge < -0.3 is 4.74 Å². The molecule has 1 aromatic rings. The Hall–Kier alpha value is -2.44. The van der Waals surface area contributed by atoms with E-state index in [0.29, 0.717) is 0 Å². The first-order valence-corrected chi connectivity index (χ1v) is 8.58. The highest BCUT2D eigenvalue weighted by Crippen LogP contribution is 2.31. The number of nitrogens with zero attached hydrogens (tertiary/aromatic N) is 2. The topological polar surface area (TPSA) is 117 Å². The first-order valence-electron chi connectivity index (χ1n) is 7.10. The van der Waals surface area contributed by atoms with Crippen molar-refractivity contribution < 1.29 is 22.7 Å². The molecule has 0 unspecified atom stereocenters. The van der Waals surface area contributed by atoms with Crippen molar-refractivity contribution in [2.24, 2.45) is 0 Å². The second-order valence-electron chi connectivity index (χ2n) is 5.80. The summed E-state index contributed by atoms with van der Waals surface area (Å²) in [5.41, 5.74) is -1.18. The first-order chi connectivity index (χ1) is 11.1. The van der Waals surface area contributed by atoms with Gasteiger partial charge in [-0.15, -0.1) is 0 Å². The van der Waals surface area contributed by atoms with Crippen molar-refractivity contribution >= 4 is 27.5 Å². The number of benzene rings is 1. The van der Waals surface area contributed by atoms with E-state index in [-0.39, 0.29) is 41.0 Å². The Kier molecular flexibility index (Phi) is 4.64. The molecule has 1 heterocycles. The third-order valence-electron chi connectivity index (χ3n) is 3.42. The van der Waals surface area contributed by atoms with Gasteiger partial charge >= 0.3 is 0 Å². The Morgan fingerprint density at radius 1 is 1.25 bits per heavy atom. The van der Waals surface area contributed by atoms with E-state index < -0.39 is 15.6 Å². The van der Waals surface area contributed by atoms with Crippen LogP contribution in [-0.4, -0.2) is 32.9 Å². The van der Waals surface area contributed by atoms with Gasteiger partial charge in [0, 0.05) is 12.8 Å². The largest absolute Gasteiger partial charge is 0.495 e. The SMILES string of the molecule is COc1ccc(N2C(=O)CCC2=O)cc1S(=O)(=O)NC(C)(C)C#N. The van der Waals surface area contributed by atoms with Crippen LogP contribution in [0.2, 0.25) is 0 Å². The molecule has 9 heteroatoms. The summed E-state index contributed by atoms with van der Waals surface area (Å²) in [5.74, 6) is -0.739. The Morgan fingerprint density at radius 2 is 1.83 bits per heavy atom.